The molecule has 11 heteroatoms. The summed E-state index contributed by atoms with van der Waals surface area (Å²) >= 11 is 3.05. The number of hydrogen-bond acceptors (Lipinski definition) is 4. The first-order valence-corrected chi connectivity index (χ1v) is 15.0. The van der Waals surface area contributed by atoms with Gasteiger partial charge in [0.2, 0.25) is 0 Å². The minimum absolute atomic E-state index is 0.246. The average molecular weight is 576 g/mol. The minimum atomic E-state index is -1.75. The van der Waals surface area contributed by atoms with Crippen molar-refractivity contribution < 1.29 is 53.0 Å². The summed E-state index contributed by atoms with van der Waals surface area (Å²) in [6.45, 7) is 42.6. The molecule has 0 spiro atoms. The van der Waals surface area contributed by atoms with E-state index in [2.05, 4.69) is 101 Å². The molecule has 1 saturated heterocycles. The Balaban J connectivity index is -0.000000303. The molecule has 0 aromatic heterocycles. The Hall–Kier alpha value is -1.26. The molecule has 0 aliphatic carbocycles. The third kappa shape index (κ3) is 23.6. The molecule has 208 valence electrons. The third-order valence-corrected chi connectivity index (χ3v) is 10.5. The van der Waals surface area contributed by atoms with E-state index in [0.717, 1.165) is 56.6 Å². The van der Waals surface area contributed by atoms with Gasteiger partial charge in [0.25, 0.3) is 0 Å². The molecule has 0 bridgehead atoms. The number of morpholine rings is 1. The predicted molar refractivity (Wildman–Crippen MR) is 133 cm³/mol. The van der Waals surface area contributed by atoms with Gasteiger partial charge < -0.3 is 0 Å². The Morgan fingerprint density at radius 3 is 1.78 bits per heavy atom. The molecule has 1 fully saturated rings. The van der Waals surface area contributed by atoms with Crippen molar-refractivity contribution in [1.82, 2.24) is 4.90 Å². The first-order valence-electron chi connectivity index (χ1n) is 11.5. The van der Waals surface area contributed by atoms with Crippen molar-refractivity contribution in [3.63, 3.8) is 0 Å². The first-order chi connectivity index (χ1) is 17.6. The van der Waals surface area contributed by atoms with Gasteiger partial charge in [-0.2, -0.15) is 0 Å². The molecule has 0 aromatic carbocycles. The maximum atomic E-state index is 7.50. The van der Waals surface area contributed by atoms with Crippen LogP contribution in [-0.2, 0) is 53.0 Å². The van der Waals surface area contributed by atoms with Gasteiger partial charge in [0.15, 0.2) is 0 Å². The van der Waals surface area contributed by atoms with Gasteiger partial charge in [-0.15, -0.1) is 0 Å². The second kappa shape index (κ2) is 31.0. The van der Waals surface area contributed by atoms with Crippen LogP contribution in [-0.4, -0.2) is 56.8 Å². The summed E-state index contributed by atoms with van der Waals surface area (Å²) in [5.74, 6) is 0. The average Bonchev–Trinajstić information content (AvgIpc) is 2.92. The Bertz CT molecular complexity index is 653. The molecule has 0 saturated carbocycles. The van der Waals surface area contributed by atoms with Gasteiger partial charge in [0, 0.05) is 0 Å². The second-order valence-corrected chi connectivity index (χ2v) is 14.2. The number of allylic oxidation sites excluding steroid dienone is 1. The van der Waals surface area contributed by atoms with E-state index in [0.29, 0.717) is 12.7 Å². The van der Waals surface area contributed by atoms with Crippen LogP contribution >= 0.6 is 0 Å². The molecule has 1 atom stereocenters. The van der Waals surface area contributed by atoms with Crippen molar-refractivity contribution >= 4 is 12.9 Å². The van der Waals surface area contributed by atoms with Crippen molar-refractivity contribution in [2.45, 2.75) is 84.5 Å². The fourth-order valence-electron chi connectivity index (χ4n) is 2.98. The summed E-state index contributed by atoms with van der Waals surface area (Å²) < 4.78 is 56.3. The van der Waals surface area contributed by atoms with Crippen LogP contribution < -0.4 is 0 Å². The van der Waals surface area contributed by atoms with Crippen LogP contribution in [0.5, 0.6) is 0 Å². The molecule has 1 aliphatic rings. The predicted octanol–water partition coefficient (Wildman–Crippen LogP) is 4.70. The molecule has 0 radical (unpaired) electrons. The van der Waals surface area contributed by atoms with Crippen molar-refractivity contribution in [1.29, 1.82) is 0 Å². The zero-order valence-electron chi connectivity index (χ0n) is 23.1. The Morgan fingerprint density at radius 1 is 0.946 bits per heavy atom. The van der Waals surface area contributed by atoms with Gasteiger partial charge in [-0.05, 0) is 0 Å². The van der Waals surface area contributed by atoms with Crippen LogP contribution in [0.25, 0.3) is 0 Å². The third-order valence-electron chi connectivity index (χ3n) is 5.59. The van der Waals surface area contributed by atoms with E-state index >= 15 is 0 Å². The monoisotopic (exact) mass is 575 g/mol. The topological polar surface area (TPSA) is 130 Å². The molecular formula is C26H41CrNO8Si. The van der Waals surface area contributed by atoms with E-state index in [4.69, 9.17) is 37.2 Å². The van der Waals surface area contributed by atoms with E-state index in [1.807, 2.05) is 6.92 Å². The maximum absolute atomic E-state index is 7.50. The summed E-state index contributed by atoms with van der Waals surface area (Å²) in [4.78, 5) is 2.44. The van der Waals surface area contributed by atoms with Gasteiger partial charge in [0.05, 0.1) is 0 Å². The quantitative estimate of drug-likeness (QED) is 0.201. The summed E-state index contributed by atoms with van der Waals surface area (Å²) in [6, 6.07) is 0. The van der Waals surface area contributed by atoms with E-state index in [1.165, 1.54) is 5.70 Å². The summed E-state index contributed by atoms with van der Waals surface area (Å²) in [5.41, 5.74) is 1.33. The number of nitrogens with zero attached hydrogens (tertiary/aromatic N) is 1. The summed E-state index contributed by atoms with van der Waals surface area (Å²) in [5, 5.41) is 0.246. The fourth-order valence-corrected chi connectivity index (χ4v) is 4.80. The Kier molecular flexibility index (Phi) is 38.2. The van der Waals surface area contributed by atoms with E-state index in [9.17, 15) is 0 Å². The number of hydrogen-bond donors (Lipinski definition) is 0. The van der Waals surface area contributed by atoms with E-state index in [-0.39, 0.29) is 5.04 Å². The second-order valence-electron chi connectivity index (χ2n) is 8.81. The SMILES string of the molecule is CCC[C@@H](CC/C(=C/[C](=[Cr])OCC)N1CCOCC1)O[Si](C)(C)C(C)(C)C.[C-]#[O+].[C-]#[O+].[C-]#[O+].[C-]#[O+].[C-]#[O+]. The normalized spacial score (nSPS) is 13.3. The molecule has 0 amide bonds. The molecular weight excluding hydrogens is 534 g/mol. The van der Waals surface area contributed by atoms with Gasteiger partial charge in [-0.3, -0.25) is 0 Å². The molecule has 0 unspecified atom stereocenters. The standard InChI is InChI=1S/C21H41NO3Si.5CO.Cr/c1-8-10-20(25-26(6,7)21(3,4)5)12-11-19(13-16-23-9-2)22-14-17-24-18-15-22;5*1-2;/h13,20H,8-12,14-15,17-18H2,1-7H3;;;;;;/b19-13-;;;;;;/t20-;;;;;;/m0....../s1. The van der Waals surface area contributed by atoms with Crippen LogP contribution in [0.3, 0.4) is 0 Å². The zero-order valence-corrected chi connectivity index (χ0v) is 25.4. The van der Waals surface area contributed by atoms with Crippen molar-refractivity contribution in [3.8, 4) is 0 Å². The molecule has 1 aliphatic heterocycles. The van der Waals surface area contributed by atoms with Crippen LogP contribution in [0.1, 0.15) is 60.3 Å². The number of rotatable bonds is 11. The molecule has 1 heterocycles. The van der Waals surface area contributed by atoms with Crippen LogP contribution in [0, 0.1) is 33.3 Å². The Morgan fingerprint density at radius 2 is 1.41 bits per heavy atom. The van der Waals surface area contributed by atoms with Gasteiger partial charge in [0.1, 0.15) is 0 Å². The van der Waals surface area contributed by atoms with E-state index in [1.54, 1.807) is 0 Å². The van der Waals surface area contributed by atoms with E-state index < -0.39 is 8.32 Å². The van der Waals surface area contributed by atoms with Gasteiger partial charge in [-0.1, -0.05) is 0 Å². The molecule has 37 heavy (non-hydrogen) atoms. The molecule has 1 rings (SSSR count). The number of ether oxygens (including phenoxy) is 2. The van der Waals surface area contributed by atoms with Crippen LogP contribution in [0.15, 0.2) is 11.8 Å². The fraction of sp³-hybridized carbons (Fsp3) is 0.692. The first kappa shape index (κ1) is 45.6. The van der Waals surface area contributed by atoms with Crippen LogP contribution in [0.2, 0.25) is 18.1 Å². The summed E-state index contributed by atoms with van der Waals surface area (Å²) in [6.07, 6.45) is 6.86. The van der Waals surface area contributed by atoms with Crippen molar-refractivity contribution in [3.05, 3.63) is 45.0 Å². The molecule has 9 nitrogen and oxygen atoms in total. The molecule has 0 N–H and O–H groups in total. The molecule has 0 aromatic rings. The van der Waals surface area contributed by atoms with Crippen molar-refractivity contribution in [2.75, 3.05) is 32.9 Å². The Labute approximate surface area is 233 Å². The van der Waals surface area contributed by atoms with Crippen LogP contribution in [0.4, 0.5) is 0 Å². The zero-order chi connectivity index (χ0) is 30.5. The van der Waals surface area contributed by atoms with Gasteiger partial charge in [-0.25, -0.2) is 0 Å². The van der Waals surface area contributed by atoms with Crippen molar-refractivity contribution in [2.24, 2.45) is 0 Å². The van der Waals surface area contributed by atoms with Gasteiger partial charge >= 0.3 is 233 Å². The summed E-state index contributed by atoms with van der Waals surface area (Å²) in [7, 11) is -1.75.